The predicted octanol–water partition coefficient (Wildman–Crippen LogP) is 1.17. The van der Waals surface area contributed by atoms with Gasteiger partial charge >= 0.3 is 17.8 Å². The van der Waals surface area contributed by atoms with Crippen LogP contribution in [0.2, 0.25) is 0 Å². The van der Waals surface area contributed by atoms with Gasteiger partial charge in [0.2, 0.25) is 0 Å². The molecule has 0 aliphatic heterocycles. The van der Waals surface area contributed by atoms with Crippen molar-refractivity contribution in [1.82, 2.24) is 0 Å². The first-order chi connectivity index (χ1) is 8.90. The van der Waals surface area contributed by atoms with E-state index in [2.05, 4.69) is 8.83 Å². The van der Waals surface area contributed by atoms with Crippen LogP contribution in [-0.2, 0) is 25.7 Å². The Kier molecular flexibility index (Phi) is 5.35. The van der Waals surface area contributed by atoms with E-state index in [0.717, 1.165) is 0 Å². The Morgan fingerprint density at radius 1 is 1.21 bits per heavy atom. The molecular formula is C12H16O7. The minimum atomic E-state index is -0.839. The van der Waals surface area contributed by atoms with E-state index in [1.807, 2.05) is 0 Å². The summed E-state index contributed by atoms with van der Waals surface area (Å²) in [7, 11) is 0. The van der Waals surface area contributed by atoms with Gasteiger partial charge in [0.1, 0.15) is 6.61 Å². The third-order valence-corrected chi connectivity index (χ3v) is 2.22. The fraction of sp³-hybridized carbons (Fsp3) is 0.583. The SMILES string of the molecule is Cc1oc(=O)oc1COC(=O)CCOC(=O)C(C)C. The van der Waals surface area contributed by atoms with E-state index >= 15 is 0 Å². The first-order valence-corrected chi connectivity index (χ1v) is 5.81. The van der Waals surface area contributed by atoms with Crippen molar-refractivity contribution >= 4 is 11.9 Å². The molecule has 0 aromatic carbocycles. The summed E-state index contributed by atoms with van der Waals surface area (Å²) in [6, 6.07) is 0. The maximum absolute atomic E-state index is 11.3. The summed E-state index contributed by atoms with van der Waals surface area (Å²) < 4.78 is 18.9. The molecule has 0 atom stereocenters. The van der Waals surface area contributed by atoms with Crippen LogP contribution in [0.1, 0.15) is 31.8 Å². The second-order valence-electron chi connectivity index (χ2n) is 4.17. The van der Waals surface area contributed by atoms with Crippen LogP contribution in [0.15, 0.2) is 13.6 Å². The zero-order chi connectivity index (χ0) is 14.4. The molecule has 7 heteroatoms. The van der Waals surface area contributed by atoms with Gasteiger partial charge in [-0.25, -0.2) is 4.79 Å². The summed E-state index contributed by atoms with van der Waals surface area (Å²) in [5.41, 5.74) is 0. The van der Waals surface area contributed by atoms with Gasteiger partial charge in [-0.15, -0.1) is 0 Å². The molecule has 0 saturated heterocycles. The highest BCUT2D eigenvalue weighted by molar-refractivity contribution is 5.73. The summed E-state index contributed by atoms with van der Waals surface area (Å²) in [5, 5.41) is 0. The average molecular weight is 272 g/mol. The molecule has 0 amide bonds. The van der Waals surface area contributed by atoms with Gasteiger partial charge in [0.15, 0.2) is 18.1 Å². The van der Waals surface area contributed by atoms with Gasteiger partial charge < -0.3 is 18.3 Å². The Morgan fingerprint density at radius 2 is 1.89 bits per heavy atom. The van der Waals surface area contributed by atoms with E-state index in [1.165, 1.54) is 6.92 Å². The fourth-order valence-electron chi connectivity index (χ4n) is 1.13. The Bertz CT molecular complexity index is 494. The highest BCUT2D eigenvalue weighted by Crippen LogP contribution is 2.07. The molecule has 0 aliphatic carbocycles. The summed E-state index contributed by atoms with van der Waals surface area (Å²) in [5.74, 6) is -1.57. The standard InChI is InChI=1S/C12H16O7/c1-7(2)11(14)16-5-4-10(13)17-6-9-8(3)18-12(15)19-9/h7H,4-6H2,1-3H3. The highest BCUT2D eigenvalue weighted by atomic mass is 16.6. The molecule has 0 unspecified atom stereocenters. The highest BCUT2D eigenvalue weighted by Gasteiger charge is 2.13. The van der Waals surface area contributed by atoms with Crippen LogP contribution in [0.4, 0.5) is 0 Å². The fourth-order valence-corrected chi connectivity index (χ4v) is 1.13. The number of esters is 2. The van der Waals surface area contributed by atoms with Crippen LogP contribution in [-0.4, -0.2) is 18.5 Å². The quantitative estimate of drug-likeness (QED) is 0.717. The first-order valence-electron chi connectivity index (χ1n) is 5.81. The molecule has 1 heterocycles. The van der Waals surface area contributed by atoms with Crippen LogP contribution in [0.5, 0.6) is 0 Å². The molecule has 1 aromatic heterocycles. The Morgan fingerprint density at radius 3 is 2.42 bits per heavy atom. The minimum absolute atomic E-state index is 0.0375. The Balaban J connectivity index is 2.27. The van der Waals surface area contributed by atoms with Crippen LogP contribution in [0.25, 0.3) is 0 Å². The first kappa shape index (κ1) is 15.0. The van der Waals surface area contributed by atoms with Crippen LogP contribution in [0.3, 0.4) is 0 Å². The molecule has 1 aromatic rings. The van der Waals surface area contributed by atoms with Crippen molar-refractivity contribution < 1.29 is 27.9 Å². The monoisotopic (exact) mass is 272 g/mol. The smallest absolute Gasteiger partial charge is 0.465 e. The van der Waals surface area contributed by atoms with E-state index in [4.69, 9.17) is 9.47 Å². The zero-order valence-electron chi connectivity index (χ0n) is 11.1. The largest absolute Gasteiger partial charge is 0.519 e. The molecule has 1 rings (SSSR count). The summed E-state index contributed by atoms with van der Waals surface area (Å²) in [6.07, 6.45) is -0.0560. The summed E-state index contributed by atoms with van der Waals surface area (Å²) in [4.78, 5) is 33.2. The molecule has 0 saturated carbocycles. The van der Waals surface area contributed by atoms with Gasteiger partial charge in [-0.05, 0) is 6.92 Å². The number of aryl methyl sites for hydroxylation is 1. The van der Waals surface area contributed by atoms with Gasteiger partial charge in [0.05, 0.1) is 12.3 Å². The van der Waals surface area contributed by atoms with Crippen molar-refractivity contribution in [3.8, 4) is 0 Å². The van der Waals surface area contributed by atoms with E-state index < -0.39 is 11.8 Å². The Hall–Kier alpha value is -2.05. The number of carbonyl (C=O) groups is 2. The zero-order valence-corrected chi connectivity index (χ0v) is 11.1. The van der Waals surface area contributed by atoms with Crippen molar-refractivity contribution in [3.05, 3.63) is 22.1 Å². The number of rotatable bonds is 6. The second-order valence-corrected chi connectivity index (χ2v) is 4.17. The molecule has 106 valence electrons. The third kappa shape index (κ3) is 4.99. The maximum Gasteiger partial charge on any atom is 0.519 e. The lowest BCUT2D eigenvalue weighted by Crippen LogP contribution is -2.15. The third-order valence-electron chi connectivity index (χ3n) is 2.22. The second kappa shape index (κ2) is 6.77. The number of hydrogen-bond donors (Lipinski definition) is 0. The molecule has 19 heavy (non-hydrogen) atoms. The molecule has 0 bridgehead atoms. The summed E-state index contributed by atoms with van der Waals surface area (Å²) in [6.45, 7) is 4.70. The van der Waals surface area contributed by atoms with Crippen molar-refractivity contribution in [2.45, 2.75) is 33.8 Å². The summed E-state index contributed by atoms with van der Waals surface area (Å²) >= 11 is 0. The van der Waals surface area contributed by atoms with Gasteiger partial charge in [-0.2, -0.15) is 0 Å². The van der Waals surface area contributed by atoms with E-state index in [9.17, 15) is 14.4 Å². The Labute approximate surface area is 109 Å². The number of hydrogen-bond acceptors (Lipinski definition) is 7. The average Bonchev–Trinajstić information content (AvgIpc) is 2.65. The lowest BCUT2D eigenvalue weighted by atomic mass is 10.2. The van der Waals surface area contributed by atoms with Gasteiger partial charge in [-0.1, -0.05) is 13.8 Å². The number of carbonyl (C=O) groups excluding carboxylic acids is 2. The van der Waals surface area contributed by atoms with Crippen molar-refractivity contribution in [1.29, 1.82) is 0 Å². The molecule has 0 radical (unpaired) electrons. The van der Waals surface area contributed by atoms with Crippen LogP contribution in [0, 0.1) is 12.8 Å². The van der Waals surface area contributed by atoms with E-state index in [1.54, 1.807) is 13.8 Å². The topological polar surface area (TPSA) is 96.0 Å². The lowest BCUT2D eigenvalue weighted by molar-refractivity contribution is -0.152. The molecule has 0 fully saturated rings. The van der Waals surface area contributed by atoms with E-state index in [0.29, 0.717) is 0 Å². The normalized spacial score (nSPS) is 10.5. The molecule has 7 nitrogen and oxygen atoms in total. The molecule has 0 N–H and O–H groups in total. The predicted molar refractivity (Wildman–Crippen MR) is 62.2 cm³/mol. The van der Waals surface area contributed by atoms with Crippen LogP contribution >= 0.6 is 0 Å². The molecular weight excluding hydrogens is 256 g/mol. The number of ether oxygens (including phenoxy) is 2. The molecule has 0 spiro atoms. The van der Waals surface area contributed by atoms with Crippen molar-refractivity contribution in [2.24, 2.45) is 5.92 Å². The van der Waals surface area contributed by atoms with Gasteiger partial charge in [0.25, 0.3) is 0 Å². The van der Waals surface area contributed by atoms with E-state index in [-0.39, 0.29) is 43.0 Å². The van der Waals surface area contributed by atoms with Gasteiger partial charge in [-0.3, -0.25) is 9.59 Å². The van der Waals surface area contributed by atoms with Crippen molar-refractivity contribution in [2.75, 3.05) is 6.61 Å². The maximum atomic E-state index is 11.3. The van der Waals surface area contributed by atoms with Crippen molar-refractivity contribution in [3.63, 3.8) is 0 Å². The van der Waals surface area contributed by atoms with Gasteiger partial charge in [0, 0.05) is 0 Å². The lowest BCUT2D eigenvalue weighted by Gasteiger charge is -2.06. The minimum Gasteiger partial charge on any atom is -0.465 e. The molecule has 0 aliphatic rings. The van der Waals surface area contributed by atoms with Crippen LogP contribution < -0.4 is 5.82 Å².